The fourth-order valence-corrected chi connectivity index (χ4v) is 1.44. The topological polar surface area (TPSA) is 37.5 Å². The summed E-state index contributed by atoms with van der Waals surface area (Å²) in [6.45, 7) is 1.77. The predicted octanol–water partition coefficient (Wildman–Crippen LogP) is 2.68. The first-order valence-corrected chi connectivity index (χ1v) is 4.73. The molecule has 0 amide bonds. The molecule has 76 valence electrons. The number of benzene rings is 1. The van der Waals surface area contributed by atoms with Crippen LogP contribution >= 0.6 is 0 Å². The van der Waals surface area contributed by atoms with E-state index in [1.54, 1.807) is 6.92 Å². The molecule has 0 saturated carbocycles. The fraction of sp³-hybridized carbons (Fsp3) is 0.0833. The molecule has 0 unspecified atom stereocenters. The molecule has 3 nitrogen and oxygen atoms in total. The van der Waals surface area contributed by atoms with E-state index in [4.69, 9.17) is 5.21 Å². The molecule has 0 aliphatic rings. The van der Waals surface area contributed by atoms with Crippen molar-refractivity contribution in [1.82, 2.24) is 4.57 Å². The molecule has 0 aliphatic heterocycles. The second kappa shape index (κ2) is 4.00. The van der Waals surface area contributed by atoms with E-state index in [0.717, 1.165) is 11.3 Å². The third-order valence-electron chi connectivity index (χ3n) is 2.34. The van der Waals surface area contributed by atoms with Crippen molar-refractivity contribution in [3.63, 3.8) is 0 Å². The first kappa shape index (κ1) is 9.52. The number of rotatable bonds is 2. The van der Waals surface area contributed by atoms with Crippen LogP contribution in [0.3, 0.4) is 0 Å². The van der Waals surface area contributed by atoms with E-state index in [9.17, 15) is 0 Å². The van der Waals surface area contributed by atoms with Crippen molar-refractivity contribution in [2.45, 2.75) is 6.92 Å². The molecule has 0 radical (unpaired) electrons. The molecule has 1 aromatic carbocycles. The molecule has 0 fully saturated rings. The van der Waals surface area contributed by atoms with Gasteiger partial charge in [-0.3, -0.25) is 0 Å². The van der Waals surface area contributed by atoms with Crippen molar-refractivity contribution in [2.75, 3.05) is 0 Å². The predicted molar refractivity (Wildman–Crippen MR) is 59.8 cm³/mol. The smallest absolute Gasteiger partial charge is 0.0836 e. The summed E-state index contributed by atoms with van der Waals surface area (Å²) in [5, 5.41) is 11.8. The highest BCUT2D eigenvalue weighted by Gasteiger charge is 1.98. The average Bonchev–Trinajstić information content (AvgIpc) is 2.82. The van der Waals surface area contributed by atoms with Crippen LogP contribution in [0.5, 0.6) is 0 Å². The highest BCUT2D eigenvalue weighted by Crippen LogP contribution is 2.10. The van der Waals surface area contributed by atoms with Crippen LogP contribution in [0.15, 0.2) is 53.9 Å². The van der Waals surface area contributed by atoms with Gasteiger partial charge in [0.05, 0.1) is 5.71 Å². The third kappa shape index (κ3) is 1.91. The summed E-state index contributed by atoms with van der Waals surface area (Å²) in [6.07, 6.45) is 3.98. The first-order valence-electron chi connectivity index (χ1n) is 4.73. The summed E-state index contributed by atoms with van der Waals surface area (Å²) in [5.41, 5.74) is 2.64. The van der Waals surface area contributed by atoms with Crippen LogP contribution in [-0.4, -0.2) is 15.5 Å². The molecule has 1 heterocycles. The zero-order valence-electron chi connectivity index (χ0n) is 8.46. The Labute approximate surface area is 88.3 Å². The van der Waals surface area contributed by atoms with Crippen LogP contribution in [-0.2, 0) is 0 Å². The number of aromatic nitrogens is 1. The Morgan fingerprint density at radius 3 is 2.27 bits per heavy atom. The lowest BCUT2D eigenvalue weighted by Crippen LogP contribution is -1.95. The largest absolute Gasteiger partial charge is 0.411 e. The van der Waals surface area contributed by atoms with Crippen LogP contribution in [0.2, 0.25) is 0 Å². The number of oxime groups is 1. The highest BCUT2D eigenvalue weighted by atomic mass is 16.4. The molecule has 1 N–H and O–H groups in total. The fourth-order valence-electron chi connectivity index (χ4n) is 1.44. The lowest BCUT2D eigenvalue weighted by Gasteiger charge is -2.04. The Morgan fingerprint density at radius 1 is 1.13 bits per heavy atom. The van der Waals surface area contributed by atoms with E-state index in [-0.39, 0.29) is 0 Å². The van der Waals surface area contributed by atoms with Crippen LogP contribution < -0.4 is 0 Å². The summed E-state index contributed by atoms with van der Waals surface area (Å²) in [5.74, 6) is 0. The van der Waals surface area contributed by atoms with E-state index < -0.39 is 0 Å². The lowest BCUT2D eigenvalue weighted by atomic mass is 10.1. The van der Waals surface area contributed by atoms with Crippen LogP contribution in [0.1, 0.15) is 12.5 Å². The number of hydrogen-bond acceptors (Lipinski definition) is 2. The number of nitrogens with zero attached hydrogens (tertiary/aromatic N) is 2. The average molecular weight is 200 g/mol. The van der Waals surface area contributed by atoms with Crippen molar-refractivity contribution >= 4 is 5.71 Å². The normalized spacial score (nSPS) is 11.7. The monoisotopic (exact) mass is 200 g/mol. The maximum atomic E-state index is 8.62. The minimum Gasteiger partial charge on any atom is -0.411 e. The molecule has 1 aromatic heterocycles. The van der Waals surface area contributed by atoms with Gasteiger partial charge in [0, 0.05) is 18.1 Å². The Bertz CT molecular complexity index is 455. The zero-order valence-corrected chi connectivity index (χ0v) is 8.46. The zero-order chi connectivity index (χ0) is 10.7. The van der Waals surface area contributed by atoms with Gasteiger partial charge in [0.15, 0.2) is 0 Å². The molecule has 2 rings (SSSR count). The third-order valence-corrected chi connectivity index (χ3v) is 2.34. The molecule has 0 bridgehead atoms. The van der Waals surface area contributed by atoms with Crippen LogP contribution in [0.25, 0.3) is 5.69 Å². The summed E-state index contributed by atoms with van der Waals surface area (Å²) in [6, 6.07) is 11.8. The molecule has 0 saturated heterocycles. The Hall–Kier alpha value is -2.03. The van der Waals surface area contributed by atoms with E-state index in [2.05, 4.69) is 5.16 Å². The van der Waals surface area contributed by atoms with Gasteiger partial charge in [-0.25, -0.2) is 0 Å². The Kier molecular flexibility index (Phi) is 2.54. The minimum absolute atomic E-state index is 0.619. The molecule has 3 heteroatoms. The summed E-state index contributed by atoms with van der Waals surface area (Å²) in [4.78, 5) is 0. The molecule has 2 aromatic rings. The molecular formula is C12H12N2O. The first-order chi connectivity index (χ1) is 7.31. The maximum absolute atomic E-state index is 8.62. The Balaban J connectivity index is 2.33. The quantitative estimate of drug-likeness (QED) is 0.451. The van der Waals surface area contributed by atoms with E-state index in [1.807, 2.05) is 53.4 Å². The van der Waals surface area contributed by atoms with Crippen molar-refractivity contribution in [2.24, 2.45) is 5.16 Å². The SMILES string of the molecule is C/C(=N\O)c1ccc(-n2cccc2)cc1. The molecule has 15 heavy (non-hydrogen) atoms. The standard InChI is InChI=1S/C12H12N2O/c1-10(13-15)11-4-6-12(7-5-11)14-8-2-3-9-14/h2-9,15H,1H3/b13-10+. The Morgan fingerprint density at radius 2 is 1.73 bits per heavy atom. The van der Waals surface area contributed by atoms with Gasteiger partial charge >= 0.3 is 0 Å². The van der Waals surface area contributed by atoms with Gasteiger partial charge in [0.2, 0.25) is 0 Å². The van der Waals surface area contributed by atoms with Crippen LogP contribution in [0, 0.1) is 0 Å². The maximum Gasteiger partial charge on any atom is 0.0836 e. The number of hydrogen-bond donors (Lipinski definition) is 1. The van der Waals surface area contributed by atoms with Gasteiger partial charge in [-0.05, 0) is 36.8 Å². The summed E-state index contributed by atoms with van der Waals surface area (Å²) in [7, 11) is 0. The van der Waals surface area contributed by atoms with E-state index in [1.165, 1.54) is 0 Å². The van der Waals surface area contributed by atoms with Gasteiger partial charge in [0.1, 0.15) is 0 Å². The second-order valence-electron chi connectivity index (χ2n) is 3.32. The second-order valence-corrected chi connectivity index (χ2v) is 3.32. The van der Waals surface area contributed by atoms with Gasteiger partial charge in [-0.15, -0.1) is 0 Å². The van der Waals surface area contributed by atoms with Gasteiger partial charge in [-0.2, -0.15) is 0 Å². The van der Waals surface area contributed by atoms with Crippen molar-refractivity contribution in [3.8, 4) is 5.69 Å². The van der Waals surface area contributed by atoms with Gasteiger partial charge < -0.3 is 9.77 Å². The molecule has 0 atom stereocenters. The summed E-state index contributed by atoms with van der Waals surface area (Å²) >= 11 is 0. The van der Waals surface area contributed by atoms with Crippen molar-refractivity contribution in [3.05, 3.63) is 54.4 Å². The van der Waals surface area contributed by atoms with Crippen molar-refractivity contribution in [1.29, 1.82) is 0 Å². The van der Waals surface area contributed by atoms with Gasteiger partial charge in [-0.1, -0.05) is 17.3 Å². The van der Waals surface area contributed by atoms with E-state index >= 15 is 0 Å². The molecular weight excluding hydrogens is 188 g/mol. The lowest BCUT2D eigenvalue weighted by molar-refractivity contribution is 0.319. The minimum atomic E-state index is 0.619. The van der Waals surface area contributed by atoms with Crippen LogP contribution in [0.4, 0.5) is 0 Å². The van der Waals surface area contributed by atoms with Crippen molar-refractivity contribution < 1.29 is 5.21 Å². The molecule has 0 spiro atoms. The van der Waals surface area contributed by atoms with Gasteiger partial charge in [0.25, 0.3) is 0 Å². The molecule has 0 aliphatic carbocycles. The highest BCUT2D eigenvalue weighted by molar-refractivity contribution is 5.98. The van der Waals surface area contributed by atoms with E-state index in [0.29, 0.717) is 5.71 Å². The summed E-state index contributed by atoms with van der Waals surface area (Å²) < 4.78 is 2.02.